The van der Waals surface area contributed by atoms with Crippen molar-refractivity contribution in [3.05, 3.63) is 0 Å². The first-order valence-electron chi connectivity index (χ1n) is 4.94. The average Bonchev–Trinajstić information content (AvgIpc) is 2.18. The van der Waals surface area contributed by atoms with Gasteiger partial charge in [-0.05, 0) is 12.8 Å². The summed E-state index contributed by atoms with van der Waals surface area (Å²) in [5, 5.41) is 18.1. The van der Waals surface area contributed by atoms with Gasteiger partial charge >= 0.3 is 11.9 Å². The van der Waals surface area contributed by atoms with E-state index in [9.17, 15) is 14.4 Å². The van der Waals surface area contributed by atoms with Crippen LogP contribution in [0.5, 0.6) is 0 Å². The zero-order valence-corrected chi connectivity index (χ0v) is 8.31. The number of carboxylic acids is 2. The summed E-state index contributed by atoms with van der Waals surface area (Å²) in [6, 6.07) is 0. The molecule has 0 aliphatic heterocycles. The summed E-state index contributed by atoms with van der Waals surface area (Å²) in [5.74, 6) is -3.21. The van der Waals surface area contributed by atoms with Crippen LogP contribution in [0, 0.1) is 11.3 Å². The fraction of sp³-hybridized carbons (Fsp3) is 0.700. The number of aldehydes is 1. The van der Waals surface area contributed by atoms with E-state index in [1.165, 1.54) is 0 Å². The molecule has 0 bridgehead atoms. The highest BCUT2D eigenvalue weighted by molar-refractivity contribution is 5.85. The van der Waals surface area contributed by atoms with Gasteiger partial charge in [0.15, 0.2) is 0 Å². The molecule has 0 amide bonds. The topological polar surface area (TPSA) is 91.7 Å². The Labute approximate surface area is 87.1 Å². The molecule has 2 unspecified atom stereocenters. The first kappa shape index (κ1) is 11.7. The van der Waals surface area contributed by atoms with E-state index >= 15 is 0 Å². The maximum atomic E-state index is 11.2. The van der Waals surface area contributed by atoms with Gasteiger partial charge in [-0.25, -0.2) is 0 Å². The summed E-state index contributed by atoms with van der Waals surface area (Å²) in [6.45, 7) is 0. The fourth-order valence-corrected chi connectivity index (χ4v) is 2.34. The molecule has 1 fully saturated rings. The maximum Gasteiger partial charge on any atom is 0.310 e. The second-order valence-corrected chi connectivity index (χ2v) is 3.97. The first-order chi connectivity index (χ1) is 7.04. The molecule has 2 N–H and O–H groups in total. The molecule has 1 saturated carbocycles. The highest BCUT2D eigenvalue weighted by Crippen LogP contribution is 2.44. The zero-order valence-electron chi connectivity index (χ0n) is 8.31. The molecular formula is C10H14O5. The summed E-state index contributed by atoms with van der Waals surface area (Å²) in [5.41, 5.74) is -1.38. The van der Waals surface area contributed by atoms with Crippen LogP contribution in [0.3, 0.4) is 0 Å². The summed E-state index contributed by atoms with van der Waals surface area (Å²) in [4.78, 5) is 32.6. The van der Waals surface area contributed by atoms with Gasteiger partial charge in [-0.2, -0.15) is 0 Å². The minimum absolute atomic E-state index is 0.209. The maximum absolute atomic E-state index is 11.2. The molecular weight excluding hydrogens is 200 g/mol. The number of carbonyl (C=O) groups is 3. The van der Waals surface area contributed by atoms with Crippen molar-refractivity contribution in [1.29, 1.82) is 0 Å². The molecule has 0 spiro atoms. The predicted octanol–water partition coefficient (Wildman–Crippen LogP) is 0.921. The number of carboxylic acid groups (broad SMARTS) is 2. The van der Waals surface area contributed by atoms with Crippen molar-refractivity contribution in [3.63, 3.8) is 0 Å². The molecule has 1 aliphatic rings. The Bertz CT molecular complexity index is 286. The number of rotatable bonds is 4. The second kappa shape index (κ2) is 4.42. The van der Waals surface area contributed by atoms with Gasteiger partial charge in [0.05, 0.1) is 11.3 Å². The van der Waals surface area contributed by atoms with Gasteiger partial charge in [0, 0.05) is 6.42 Å². The number of carbonyl (C=O) groups excluding carboxylic acids is 1. The Kier molecular flexibility index (Phi) is 3.44. The molecule has 0 aromatic carbocycles. The molecule has 1 rings (SSSR count). The van der Waals surface area contributed by atoms with Crippen LogP contribution in [0.4, 0.5) is 0 Å². The smallest absolute Gasteiger partial charge is 0.310 e. The van der Waals surface area contributed by atoms with E-state index in [1.54, 1.807) is 0 Å². The lowest BCUT2D eigenvalue weighted by molar-refractivity contribution is -0.167. The molecule has 5 nitrogen and oxygen atoms in total. The van der Waals surface area contributed by atoms with E-state index < -0.39 is 23.3 Å². The third-order valence-corrected chi connectivity index (χ3v) is 3.20. The van der Waals surface area contributed by atoms with Crippen molar-refractivity contribution in [3.8, 4) is 0 Å². The Morgan fingerprint density at radius 2 is 2.00 bits per heavy atom. The monoisotopic (exact) mass is 214 g/mol. The van der Waals surface area contributed by atoms with E-state index in [0.717, 1.165) is 0 Å². The van der Waals surface area contributed by atoms with Gasteiger partial charge in [-0.1, -0.05) is 12.8 Å². The van der Waals surface area contributed by atoms with E-state index in [4.69, 9.17) is 10.2 Å². The van der Waals surface area contributed by atoms with Crippen LogP contribution in [0.25, 0.3) is 0 Å². The third-order valence-electron chi connectivity index (χ3n) is 3.20. The van der Waals surface area contributed by atoms with Crippen molar-refractivity contribution in [2.45, 2.75) is 32.1 Å². The van der Waals surface area contributed by atoms with E-state index in [0.29, 0.717) is 25.5 Å². The summed E-state index contributed by atoms with van der Waals surface area (Å²) in [7, 11) is 0. The van der Waals surface area contributed by atoms with Crippen LogP contribution in [0.15, 0.2) is 0 Å². The molecule has 1 aliphatic carbocycles. The van der Waals surface area contributed by atoms with Crippen molar-refractivity contribution < 1.29 is 24.6 Å². The third kappa shape index (κ3) is 2.00. The van der Waals surface area contributed by atoms with Gasteiger partial charge in [0.25, 0.3) is 0 Å². The Morgan fingerprint density at radius 3 is 2.47 bits per heavy atom. The Balaban J connectivity index is 3.03. The lowest BCUT2D eigenvalue weighted by atomic mass is 9.64. The van der Waals surface area contributed by atoms with Crippen LogP contribution in [-0.2, 0) is 14.4 Å². The lowest BCUT2D eigenvalue weighted by Gasteiger charge is -2.37. The van der Waals surface area contributed by atoms with Gasteiger partial charge in [0.1, 0.15) is 6.29 Å². The van der Waals surface area contributed by atoms with Crippen LogP contribution in [0.2, 0.25) is 0 Å². The standard InChI is InChI=1S/C10H14O5/c11-6-5-10(9(14)15)4-2-1-3-7(10)8(12)13/h6-7H,1-5H2,(H,12,13)(H,14,15). The van der Waals surface area contributed by atoms with Gasteiger partial charge < -0.3 is 15.0 Å². The largest absolute Gasteiger partial charge is 0.481 e. The summed E-state index contributed by atoms with van der Waals surface area (Å²) in [6.07, 6.45) is 2.30. The van der Waals surface area contributed by atoms with Crippen LogP contribution in [0.1, 0.15) is 32.1 Å². The number of aliphatic carboxylic acids is 2. The van der Waals surface area contributed by atoms with E-state index in [1.807, 2.05) is 0 Å². The van der Waals surface area contributed by atoms with Crippen molar-refractivity contribution in [1.82, 2.24) is 0 Å². The van der Waals surface area contributed by atoms with Crippen LogP contribution < -0.4 is 0 Å². The average molecular weight is 214 g/mol. The van der Waals surface area contributed by atoms with Crippen LogP contribution >= 0.6 is 0 Å². The minimum Gasteiger partial charge on any atom is -0.481 e. The molecule has 5 heteroatoms. The van der Waals surface area contributed by atoms with Crippen molar-refractivity contribution in [2.75, 3.05) is 0 Å². The molecule has 0 heterocycles. The molecule has 15 heavy (non-hydrogen) atoms. The Hall–Kier alpha value is -1.39. The van der Waals surface area contributed by atoms with E-state index in [2.05, 4.69) is 0 Å². The molecule has 0 aromatic heterocycles. The minimum atomic E-state index is -1.38. The van der Waals surface area contributed by atoms with Gasteiger partial charge in [0.2, 0.25) is 0 Å². The second-order valence-electron chi connectivity index (χ2n) is 3.97. The highest BCUT2D eigenvalue weighted by atomic mass is 16.4. The predicted molar refractivity (Wildman–Crippen MR) is 50.3 cm³/mol. The summed E-state index contributed by atoms with van der Waals surface area (Å²) >= 11 is 0. The van der Waals surface area contributed by atoms with Crippen LogP contribution in [-0.4, -0.2) is 28.4 Å². The first-order valence-corrected chi connectivity index (χ1v) is 4.94. The van der Waals surface area contributed by atoms with Crippen molar-refractivity contribution in [2.24, 2.45) is 11.3 Å². The Morgan fingerprint density at radius 1 is 1.33 bits per heavy atom. The van der Waals surface area contributed by atoms with Gasteiger partial charge in [-0.3, -0.25) is 9.59 Å². The quantitative estimate of drug-likeness (QED) is 0.679. The number of hydrogen-bond acceptors (Lipinski definition) is 3. The molecule has 2 atom stereocenters. The molecule has 0 aromatic rings. The fourth-order valence-electron chi connectivity index (χ4n) is 2.34. The normalized spacial score (nSPS) is 30.8. The lowest BCUT2D eigenvalue weighted by Crippen LogP contribution is -2.45. The molecule has 84 valence electrons. The zero-order chi connectivity index (χ0) is 11.5. The van der Waals surface area contributed by atoms with Gasteiger partial charge in [-0.15, -0.1) is 0 Å². The summed E-state index contributed by atoms with van der Waals surface area (Å²) < 4.78 is 0. The highest BCUT2D eigenvalue weighted by Gasteiger charge is 2.50. The number of hydrogen-bond donors (Lipinski definition) is 2. The molecule has 0 radical (unpaired) electrons. The SMILES string of the molecule is O=CCC1(C(=O)O)CCCCC1C(=O)O. The molecule has 0 saturated heterocycles. The van der Waals surface area contributed by atoms with E-state index in [-0.39, 0.29) is 12.8 Å². The van der Waals surface area contributed by atoms with Crippen molar-refractivity contribution >= 4 is 18.2 Å².